The lowest BCUT2D eigenvalue weighted by Crippen LogP contribution is -2.32. The van der Waals surface area contributed by atoms with Gasteiger partial charge in [-0.15, -0.1) is 0 Å². The molecule has 0 aromatic heterocycles. The van der Waals surface area contributed by atoms with Crippen molar-refractivity contribution in [3.8, 4) is 0 Å². The third-order valence-corrected chi connectivity index (χ3v) is 2.90. The first-order valence-corrected chi connectivity index (χ1v) is 6.35. The highest BCUT2D eigenvalue weighted by Crippen LogP contribution is 2.22. The lowest BCUT2D eigenvalue weighted by Gasteiger charge is -2.17. The minimum Gasteiger partial charge on any atom is -0.480 e. The van der Waals surface area contributed by atoms with Crippen LogP contribution in [-0.2, 0) is 4.79 Å². The van der Waals surface area contributed by atoms with E-state index in [0.717, 1.165) is 4.90 Å². The number of urea groups is 1. The topological polar surface area (TPSA) is 90.0 Å². The molecular formula is C13H16ClN3O4. The zero-order valence-electron chi connectivity index (χ0n) is 11.9. The number of likely N-dealkylation sites (N-methyl/N-ethyl adjacent to an activating group) is 1. The molecule has 0 heterocycles. The van der Waals surface area contributed by atoms with Crippen LogP contribution in [0.25, 0.3) is 0 Å². The van der Waals surface area contributed by atoms with E-state index in [1.165, 1.54) is 24.1 Å². The fraction of sp³-hybridized carbons (Fsp3) is 0.308. The second kappa shape index (κ2) is 6.94. The van der Waals surface area contributed by atoms with Gasteiger partial charge in [-0.05, 0) is 18.2 Å². The van der Waals surface area contributed by atoms with Crippen molar-refractivity contribution >= 4 is 35.2 Å². The molecule has 0 saturated carbocycles. The van der Waals surface area contributed by atoms with Gasteiger partial charge in [0.1, 0.15) is 6.54 Å². The number of carbonyl (C=O) groups is 3. The van der Waals surface area contributed by atoms with Crippen LogP contribution in [0.15, 0.2) is 18.2 Å². The summed E-state index contributed by atoms with van der Waals surface area (Å²) in [4.78, 5) is 36.7. The number of carboxylic acids is 1. The van der Waals surface area contributed by atoms with Crippen LogP contribution in [0.3, 0.4) is 0 Å². The van der Waals surface area contributed by atoms with E-state index >= 15 is 0 Å². The van der Waals surface area contributed by atoms with Gasteiger partial charge >= 0.3 is 12.0 Å². The minimum atomic E-state index is -1.13. The van der Waals surface area contributed by atoms with Gasteiger partial charge in [0.25, 0.3) is 5.91 Å². The number of aliphatic carboxylic acids is 1. The molecule has 7 nitrogen and oxygen atoms in total. The average Bonchev–Trinajstić information content (AvgIpc) is 2.39. The molecule has 0 aliphatic carbocycles. The summed E-state index contributed by atoms with van der Waals surface area (Å²) >= 11 is 5.95. The van der Waals surface area contributed by atoms with Crippen molar-refractivity contribution in [3.63, 3.8) is 0 Å². The minimum absolute atomic E-state index is 0.122. The van der Waals surface area contributed by atoms with Crippen molar-refractivity contribution in [2.24, 2.45) is 0 Å². The summed E-state index contributed by atoms with van der Waals surface area (Å²) in [5, 5.41) is 11.5. The molecule has 114 valence electrons. The Morgan fingerprint density at radius 3 is 2.38 bits per heavy atom. The Labute approximate surface area is 127 Å². The van der Waals surface area contributed by atoms with Gasteiger partial charge < -0.3 is 20.2 Å². The van der Waals surface area contributed by atoms with Crippen molar-refractivity contribution in [2.75, 3.05) is 33.0 Å². The molecule has 0 aliphatic heterocycles. The van der Waals surface area contributed by atoms with Gasteiger partial charge in [-0.1, -0.05) is 11.6 Å². The van der Waals surface area contributed by atoms with E-state index in [1.807, 2.05) is 0 Å². The lowest BCUT2D eigenvalue weighted by molar-refractivity contribution is -0.137. The first-order valence-electron chi connectivity index (χ1n) is 5.97. The SMILES string of the molecule is CN(C)C(=O)Nc1ccc(Cl)c(C(=O)N(C)CC(=O)O)c1. The molecule has 0 saturated heterocycles. The first-order chi connectivity index (χ1) is 9.72. The second-order valence-electron chi connectivity index (χ2n) is 4.57. The molecule has 0 radical (unpaired) electrons. The van der Waals surface area contributed by atoms with Crippen LogP contribution >= 0.6 is 11.6 Å². The van der Waals surface area contributed by atoms with Crippen LogP contribution in [0.1, 0.15) is 10.4 Å². The molecule has 1 aromatic carbocycles. The smallest absolute Gasteiger partial charge is 0.323 e. The zero-order valence-corrected chi connectivity index (χ0v) is 12.6. The zero-order chi connectivity index (χ0) is 16.2. The Morgan fingerprint density at radius 1 is 1.24 bits per heavy atom. The standard InChI is InChI=1S/C13H16ClN3O4/c1-16(2)13(21)15-8-4-5-10(14)9(6-8)12(20)17(3)7-11(18)19/h4-6H,7H2,1-3H3,(H,15,21)(H,18,19). The molecule has 0 fully saturated rings. The van der Waals surface area contributed by atoms with Gasteiger partial charge in [-0.25, -0.2) is 4.79 Å². The van der Waals surface area contributed by atoms with Crippen molar-refractivity contribution in [1.29, 1.82) is 0 Å². The molecule has 1 rings (SSSR count). The molecular weight excluding hydrogens is 298 g/mol. The van der Waals surface area contributed by atoms with E-state index in [2.05, 4.69) is 5.32 Å². The van der Waals surface area contributed by atoms with Crippen molar-refractivity contribution in [1.82, 2.24) is 9.80 Å². The van der Waals surface area contributed by atoms with Crippen LogP contribution in [0, 0.1) is 0 Å². The Balaban J connectivity index is 2.99. The number of benzene rings is 1. The van der Waals surface area contributed by atoms with Gasteiger partial charge in [-0.3, -0.25) is 9.59 Å². The van der Waals surface area contributed by atoms with Crippen molar-refractivity contribution in [2.45, 2.75) is 0 Å². The number of rotatable bonds is 4. The van der Waals surface area contributed by atoms with Gasteiger partial charge in [0.15, 0.2) is 0 Å². The normalized spacial score (nSPS) is 9.90. The number of nitrogens with zero attached hydrogens (tertiary/aromatic N) is 2. The van der Waals surface area contributed by atoms with Gasteiger partial charge in [0, 0.05) is 26.8 Å². The lowest BCUT2D eigenvalue weighted by atomic mass is 10.1. The first kappa shape index (κ1) is 16.8. The number of hydrogen-bond donors (Lipinski definition) is 2. The number of anilines is 1. The third kappa shape index (κ3) is 4.64. The summed E-state index contributed by atoms with van der Waals surface area (Å²) < 4.78 is 0. The molecule has 2 N–H and O–H groups in total. The maximum Gasteiger partial charge on any atom is 0.323 e. The molecule has 0 atom stereocenters. The maximum atomic E-state index is 12.1. The van der Waals surface area contributed by atoms with E-state index in [4.69, 9.17) is 16.7 Å². The number of carbonyl (C=O) groups excluding carboxylic acids is 2. The fourth-order valence-corrected chi connectivity index (χ4v) is 1.68. The van der Waals surface area contributed by atoms with Crippen molar-refractivity contribution in [3.05, 3.63) is 28.8 Å². The number of amides is 3. The highest BCUT2D eigenvalue weighted by atomic mass is 35.5. The quantitative estimate of drug-likeness (QED) is 0.883. The summed E-state index contributed by atoms with van der Waals surface area (Å²) in [6.07, 6.45) is 0. The average molecular weight is 314 g/mol. The number of hydrogen-bond acceptors (Lipinski definition) is 3. The van der Waals surface area contributed by atoms with Crippen LogP contribution in [-0.4, -0.2) is 60.5 Å². The monoisotopic (exact) mass is 313 g/mol. The van der Waals surface area contributed by atoms with Crippen LogP contribution in [0.4, 0.5) is 10.5 Å². The summed E-state index contributed by atoms with van der Waals surface area (Å²) in [5.74, 6) is -1.66. The Morgan fingerprint density at radius 2 is 1.86 bits per heavy atom. The third-order valence-electron chi connectivity index (χ3n) is 2.57. The predicted octanol–water partition coefficient (Wildman–Crippen LogP) is 1.59. The summed E-state index contributed by atoms with van der Waals surface area (Å²) in [6, 6.07) is 4.08. The van der Waals surface area contributed by atoms with Crippen LogP contribution < -0.4 is 5.32 Å². The summed E-state index contributed by atoms with van der Waals surface area (Å²) in [5.41, 5.74) is 0.516. The van der Waals surface area contributed by atoms with Crippen molar-refractivity contribution < 1.29 is 19.5 Å². The van der Waals surface area contributed by atoms with E-state index in [9.17, 15) is 14.4 Å². The number of carboxylic acid groups (broad SMARTS) is 1. The Bertz CT molecular complexity index is 575. The molecule has 0 spiro atoms. The molecule has 21 heavy (non-hydrogen) atoms. The second-order valence-corrected chi connectivity index (χ2v) is 4.98. The maximum absolute atomic E-state index is 12.1. The highest BCUT2D eigenvalue weighted by Gasteiger charge is 2.18. The Kier molecular flexibility index (Phi) is 5.54. The summed E-state index contributed by atoms with van der Waals surface area (Å²) in [7, 11) is 4.52. The molecule has 3 amide bonds. The molecule has 0 bridgehead atoms. The fourth-order valence-electron chi connectivity index (χ4n) is 1.48. The molecule has 8 heteroatoms. The molecule has 0 unspecified atom stereocenters. The molecule has 0 aliphatic rings. The van der Waals surface area contributed by atoms with E-state index in [0.29, 0.717) is 5.69 Å². The van der Waals surface area contributed by atoms with E-state index < -0.39 is 18.4 Å². The van der Waals surface area contributed by atoms with Gasteiger partial charge in [-0.2, -0.15) is 0 Å². The van der Waals surface area contributed by atoms with E-state index in [1.54, 1.807) is 20.2 Å². The summed E-state index contributed by atoms with van der Waals surface area (Å²) in [6.45, 7) is -0.441. The van der Waals surface area contributed by atoms with Crippen LogP contribution in [0.5, 0.6) is 0 Å². The van der Waals surface area contributed by atoms with Gasteiger partial charge in [0.2, 0.25) is 0 Å². The Hall–Kier alpha value is -2.28. The van der Waals surface area contributed by atoms with E-state index in [-0.39, 0.29) is 16.6 Å². The largest absolute Gasteiger partial charge is 0.480 e. The molecule has 1 aromatic rings. The van der Waals surface area contributed by atoms with Crippen LogP contribution in [0.2, 0.25) is 5.02 Å². The number of nitrogens with one attached hydrogen (secondary N) is 1. The van der Waals surface area contributed by atoms with Gasteiger partial charge in [0.05, 0.1) is 10.6 Å². The number of halogens is 1. The highest BCUT2D eigenvalue weighted by molar-refractivity contribution is 6.34. The predicted molar refractivity (Wildman–Crippen MR) is 78.8 cm³/mol.